The molecule has 1 atom stereocenters. The lowest BCUT2D eigenvalue weighted by atomic mass is 9.80. The Labute approximate surface area is 160 Å². The second kappa shape index (κ2) is 6.88. The quantitative estimate of drug-likeness (QED) is 0.674. The minimum absolute atomic E-state index is 0.0558. The summed E-state index contributed by atoms with van der Waals surface area (Å²) in [6, 6.07) is 14.4. The molecule has 0 spiro atoms. The second-order valence-corrected chi connectivity index (χ2v) is 6.47. The Morgan fingerprint density at radius 3 is 2.61 bits per heavy atom. The molecular weight excluding hydrogens is 361 g/mol. The summed E-state index contributed by atoms with van der Waals surface area (Å²) in [5, 5.41) is 11.6. The van der Waals surface area contributed by atoms with Gasteiger partial charge in [-0.15, -0.1) is 0 Å². The third-order valence-corrected chi connectivity index (χ3v) is 4.77. The van der Waals surface area contributed by atoms with E-state index in [2.05, 4.69) is 0 Å². The van der Waals surface area contributed by atoms with Crippen LogP contribution in [0.1, 0.15) is 24.0 Å². The van der Waals surface area contributed by atoms with E-state index in [1.165, 1.54) is 12.1 Å². The Balaban J connectivity index is 2.03. The maximum absolute atomic E-state index is 13.5. The summed E-state index contributed by atoms with van der Waals surface area (Å²) in [5.41, 5.74) is 7.56. The van der Waals surface area contributed by atoms with Crippen molar-refractivity contribution in [2.75, 3.05) is 6.61 Å². The molecule has 3 aromatic carbocycles. The molecule has 142 valence electrons. The molecule has 0 fully saturated rings. The van der Waals surface area contributed by atoms with Crippen molar-refractivity contribution in [2.24, 2.45) is 5.73 Å². The van der Waals surface area contributed by atoms with Crippen molar-refractivity contribution in [3.05, 3.63) is 83.0 Å². The Bertz CT molecular complexity index is 1110. The first-order valence-electron chi connectivity index (χ1n) is 8.85. The maximum atomic E-state index is 13.5. The zero-order valence-corrected chi connectivity index (χ0v) is 15.1. The fourth-order valence-corrected chi connectivity index (χ4v) is 3.57. The van der Waals surface area contributed by atoms with Crippen LogP contribution in [0.5, 0.6) is 11.5 Å². The summed E-state index contributed by atoms with van der Waals surface area (Å²) in [6.45, 7) is 1.88. The number of benzene rings is 3. The summed E-state index contributed by atoms with van der Waals surface area (Å²) < 4.78 is 24.5. The molecule has 5 nitrogen and oxygen atoms in total. The number of hydrogen-bond donors (Lipinski definition) is 2. The van der Waals surface area contributed by atoms with Crippen LogP contribution in [-0.4, -0.2) is 17.7 Å². The van der Waals surface area contributed by atoms with Gasteiger partial charge >= 0.3 is 5.97 Å². The fraction of sp³-hybridized carbons (Fsp3) is 0.136. The molecule has 4 rings (SSSR count). The number of carbonyl (C=O) groups is 1. The Hall–Kier alpha value is -3.54. The lowest BCUT2D eigenvalue weighted by molar-refractivity contribution is -0.139. The fourth-order valence-electron chi connectivity index (χ4n) is 3.57. The van der Waals surface area contributed by atoms with Crippen molar-refractivity contribution < 1.29 is 23.8 Å². The van der Waals surface area contributed by atoms with E-state index in [-0.39, 0.29) is 29.6 Å². The molecular formula is C22H18FNO4. The van der Waals surface area contributed by atoms with Gasteiger partial charge < -0.3 is 20.3 Å². The van der Waals surface area contributed by atoms with Gasteiger partial charge in [0, 0.05) is 5.56 Å². The summed E-state index contributed by atoms with van der Waals surface area (Å²) in [6.07, 6.45) is 0. The number of fused-ring (bicyclic) bond motifs is 3. The van der Waals surface area contributed by atoms with Gasteiger partial charge in [0.25, 0.3) is 0 Å². The van der Waals surface area contributed by atoms with Gasteiger partial charge in [0.1, 0.15) is 22.9 Å². The molecule has 0 aromatic heterocycles. The number of phenolic OH excluding ortho intramolecular Hbond substituents is 1. The number of nitrogens with two attached hydrogens (primary N) is 1. The lowest BCUT2D eigenvalue weighted by Gasteiger charge is -2.29. The number of ether oxygens (including phenoxy) is 2. The zero-order chi connectivity index (χ0) is 19.8. The highest BCUT2D eigenvalue weighted by molar-refractivity contribution is 5.97. The molecule has 0 amide bonds. The zero-order valence-electron chi connectivity index (χ0n) is 15.1. The topological polar surface area (TPSA) is 81.8 Å². The highest BCUT2D eigenvalue weighted by Crippen LogP contribution is 2.46. The summed E-state index contributed by atoms with van der Waals surface area (Å²) in [7, 11) is 0. The van der Waals surface area contributed by atoms with E-state index < -0.39 is 11.9 Å². The summed E-state index contributed by atoms with van der Waals surface area (Å²) in [5.74, 6) is -1.12. The van der Waals surface area contributed by atoms with Crippen molar-refractivity contribution >= 4 is 16.7 Å². The first-order valence-corrected chi connectivity index (χ1v) is 8.85. The molecule has 3 N–H and O–H groups in total. The van der Waals surface area contributed by atoms with Crippen molar-refractivity contribution in [3.8, 4) is 11.5 Å². The minimum atomic E-state index is -0.631. The predicted octanol–water partition coefficient (Wildman–Crippen LogP) is 3.94. The third kappa shape index (κ3) is 2.93. The third-order valence-electron chi connectivity index (χ3n) is 4.77. The van der Waals surface area contributed by atoms with Crippen LogP contribution >= 0.6 is 0 Å². The first kappa shape index (κ1) is 17.9. The van der Waals surface area contributed by atoms with E-state index in [4.69, 9.17) is 15.2 Å². The molecule has 0 saturated heterocycles. The van der Waals surface area contributed by atoms with Crippen LogP contribution in [0.3, 0.4) is 0 Å². The molecule has 1 heterocycles. The Kier molecular flexibility index (Phi) is 4.39. The number of phenols is 1. The van der Waals surface area contributed by atoms with E-state index >= 15 is 0 Å². The van der Waals surface area contributed by atoms with Crippen LogP contribution < -0.4 is 10.5 Å². The standard InChI is InChI=1S/C22H18FNO4/c1-2-27-22(26)20-18(13-3-7-14(23)8-4-13)19-16-11-15(25)9-5-12(16)6-10-17(19)28-21(20)24/h3-11,18,25H,2,24H2,1H3/t18-/m1/s1. The molecule has 0 radical (unpaired) electrons. The predicted molar refractivity (Wildman–Crippen MR) is 102 cm³/mol. The monoisotopic (exact) mass is 379 g/mol. The van der Waals surface area contributed by atoms with Gasteiger partial charge in [0.05, 0.1) is 12.5 Å². The molecule has 0 aliphatic carbocycles. The van der Waals surface area contributed by atoms with Gasteiger partial charge in [-0.05, 0) is 53.6 Å². The smallest absolute Gasteiger partial charge is 0.340 e. The van der Waals surface area contributed by atoms with Crippen LogP contribution in [0.2, 0.25) is 0 Å². The van der Waals surface area contributed by atoms with Gasteiger partial charge in [-0.1, -0.05) is 24.3 Å². The number of halogens is 1. The van der Waals surface area contributed by atoms with E-state index in [0.717, 1.165) is 5.39 Å². The van der Waals surface area contributed by atoms with Crippen molar-refractivity contribution in [1.82, 2.24) is 0 Å². The first-order chi connectivity index (χ1) is 13.5. The van der Waals surface area contributed by atoms with Gasteiger partial charge in [0.2, 0.25) is 5.88 Å². The van der Waals surface area contributed by atoms with Crippen molar-refractivity contribution in [1.29, 1.82) is 0 Å². The number of aromatic hydroxyl groups is 1. The van der Waals surface area contributed by atoms with Crippen molar-refractivity contribution in [2.45, 2.75) is 12.8 Å². The molecule has 3 aromatic rings. The van der Waals surface area contributed by atoms with Crippen molar-refractivity contribution in [3.63, 3.8) is 0 Å². The molecule has 0 bridgehead atoms. The molecule has 6 heteroatoms. The highest BCUT2D eigenvalue weighted by atomic mass is 19.1. The van der Waals surface area contributed by atoms with Crippen LogP contribution in [-0.2, 0) is 9.53 Å². The van der Waals surface area contributed by atoms with Gasteiger partial charge in [-0.2, -0.15) is 0 Å². The molecule has 1 aliphatic heterocycles. The molecule has 28 heavy (non-hydrogen) atoms. The molecule has 0 saturated carbocycles. The minimum Gasteiger partial charge on any atom is -0.508 e. The summed E-state index contributed by atoms with van der Waals surface area (Å²) in [4.78, 5) is 12.7. The average Bonchev–Trinajstić information content (AvgIpc) is 2.67. The van der Waals surface area contributed by atoms with E-state index in [9.17, 15) is 14.3 Å². The van der Waals surface area contributed by atoms with E-state index in [1.807, 2.05) is 6.07 Å². The normalized spacial score (nSPS) is 15.9. The highest BCUT2D eigenvalue weighted by Gasteiger charge is 2.36. The van der Waals surface area contributed by atoms with Gasteiger partial charge in [0.15, 0.2) is 0 Å². The molecule has 0 unspecified atom stereocenters. The van der Waals surface area contributed by atoms with E-state index in [1.54, 1.807) is 43.3 Å². The van der Waals surface area contributed by atoms with E-state index in [0.29, 0.717) is 22.3 Å². The SMILES string of the molecule is CCOC(=O)C1=C(N)Oc2ccc3ccc(O)cc3c2[C@H]1c1ccc(F)cc1. The Morgan fingerprint density at radius 2 is 1.89 bits per heavy atom. The Morgan fingerprint density at radius 1 is 1.18 bits per heavy atom. The van der Waals surface area contributed by atoms with Crippen LogP contribution in [0.25, 0.3) is 10.8 Å². The van der Waals surface area contributed by atoms with Crippen LogP contribution in [0, 0.1) is 5.82 Å². The lowest BCUT2D eigenvalue weighted by Crippen LogP contribution is -2.27. The van der Waals surface area contributed by atoms with Crippen LogP contribution in [0.15, 0.2) is 66.1 Å². The van der Waals surface area contributed by atoms with Gasteiger partial charge in [-0.3, -0.25) is 0 Å². The van der Waals surface area contributed by atoms with Gasteiger partial charge in [-0.25, -0.2) is 9.18 Å². The molecule has 1 aliphatic rings. The summed E-state index contributed by atoms with van der Waals surface area (Å²) >= 11 is 0. The maximum Gasteiger partial charge on any atom is 0.340 e. The largest absolute Gasteiger partial charge is 0.508 e. The second-order valence-electron chi connectivity index (χ2n) is 6.47. The number of esters is 1. The number of hydrogen-bond acceptors (Lipinski definition) is 5. The van der Waals surface area contributed by atoms with Crippen LogP contribution in [0.4, 0.5) is 4.39 Å². The average molecular weight is 379 g/mol. The number of rotatable bonds is 3. The number of carbonyl (C=O) groups excluding carboxylic acids is 1.